The van der Waals surface area contributed by atoms with Crippen molar-refractivity contribution in [1.29, 1.82) is 0 Å². The fraction of sp³-hybridized carbons (Fsp3) is 0.611. The van der Waals surface area contributed by atoms with Crippen molar-refractivity contribution in [3.05, 3.63) is 70.8 Å². The molecule has 4 aliphatic rings. The van der Waals surface area contributed by atoms with Crippen LogP contribution in [0.4, 0.5) is 13.2 Å². The van der Waals surface area contributed by atoms with Gasteiger partial charge in [0.05, 0.1) is 18.8 Å². The maximum atomic E-state index is 13.0. The molecule has 0 radical (unpaired) electrons. The van der Waals surface area contributed by atoms with E-state index in [1.807, 2.05) is 48.5 Å². The zero-order valence-corrected chi connectivity index (χ0v) is 27.4. The highest BCUT2D eigenvalue weighted by Crippen LogP contribution is 2.53. The Bertz CT molecular complexity index is 1430. The molecule has 3 saturated heterocycles. The Labute approximate surface area is 274 Å². The number of carbonyl (C=O) groups excluding carboxylic acids is 2. The summed E-state index contributed by atoms with van der Waals surface area (Å²) in [7, 11) is 0. The van der Waals surface area contributed by atoms with Gasteiger partial charge in [-0.15, -0.1) is 0 Å². The summed E-state index contributed by atoms with van der Waals surface area (Å²) < 4.78 is 52.1. The van der Waals surface area contributed by atoms with Crippen molar-refractivity contribution < 1.29 is 37.3 Å². The molecule has 4 fully saturated rings. The van der Waals surface area contributed by atoms with E-state index in [0.29, 0.717) is 34.6 Å². The molecule has 0 aromatic heterocycles. The number of benzene rings is 2. The lowest BCUT2D eigenvalue weighted by atomic mass is 9.65. The summed E-state index contributed by atoms with van der Waals surface area (Å²) in [5.74, 6) is -2.57. The molecule has 6 atom stereocenters. The van der Waals surface area contributed by atoms with Crippen molar-refractivity contribution in [2.45, 2.75) is 109 Å². The fourth-order valence-corrected chi connectivity index (χ4v) is 8.63. The van der Waals surface area contributed by atoms with Crippen LogP contribution in [-0.2, 0) is 32.2 Å². The summed E-state index contributed by atoms with van der Waals surface area (Å²) >= 11 is 0. The second-order valence-corrected chi connectivity index (χ2v) is 15.1. The molecule has 2 aromatic carbocycles. The number of alkyl halides is 3. The molecule has 256 valence electrons. The van der Waals surface area contributed by atoms with Gasteiger partial charge in [0.1, 0.15) is 6.04 Å². The van der Waals surface area contributed by atoms with E-state index in [2.05, 4.69) is 31.0 Å². The van der Waals surface area contributed by atoms with E-state index in [-0.39, 0.29) is 38.3 Å². The van der Waals surface area contributed by atoms with Crippen LogP contribution in [0.3, 0.4) is 0 Å². The maximum Gasteiger partial charge on any atom is 0.471 e. The Hall–Kier alpha value is -2.99. The van der Waals surface area contributed by atoms with E-state index in [1.54, 1.807) is 0 Å². The van der Waals surface area contributed by atoms with Crippen LogP contribution in [0, 0.1) is 10.8 Å². The minimum Gasteiger partial charge on any atom is -0.392 e. The van der Waals surface area contributed by atoms with Gasteiger partial charge < -0.3 is 24.8 Å². The molecular weight excluding hydrogens is 611 g/mol. The number of hydrogen-bond donors (Lipinski definition) is 2. The number of ether oxygens (including phenoxy) is 2. The number of carbonyl (C=O) groups is 2. The van der Waals surface area contributed by atoms with Crippen LogP contribution in [0.15, 0.2) is 48.5 Å². The molecule has 2 N–H and O–H groups in total. The zero-order chi connectivity index (χ0) is 33.6. The molecule has 3 aliphatic heterocycles. The summed E-state index contributed by atoms with van der Waals surface area (Å²) in [6.45, 7) is 9.05. The van der Waals surface area contributed by atoms with E-state index in [1.165, 1.54) is 19.3 Å². The van der Waals surface area contributed by atoms with Gasteiger partial charge in [0.15, 0.2) is 6.29 Å². The lowest BCUT2D eigenvalue weighted by Gasteiger charge is -2.41. The molecule has 6 rings (SSSR count). The zero-order valence-electron chi connectivity index (χ0n) is 27.4. The third-order valence-electron chi connectivity index (χ3n) is 10.4. The average Bonchev–Trinajstić information content (AvgIpc) is 3.60. The highest BCUT2D eigenvalue weighted by Gasteiger charge is 2.50. The molecule has 3 heterocycles. The Morgan fingerprint density at radius 2 is 1.66 bits per heavy atom. The van der Waals surface area contributed by atoms with Crippen molar-refractivity contribution in [1.82, 2.24) is 15.1 Å². The maximum absolute atomic E-state index is 13.0. The normalized spacial score (nSPS) is 30.8. The molecule has 1 aliphatic carbocycles. The standard InChI is InChI=1S/C36H46F3N3O5/c1-34(2)16-27-17-35(3,21-34)22-41(27)19-28-15-30(25-10-8-24(20-43)9-11-25)47-32(46-28)26-12-6-23(7-13-26)18-40-31(44)29-5-4-14-42(29)33(45)36(37,38)39/h6-13,27-30,32,43H,4-5,14-22H2,1-3H3,(H,40,44)/t27?,28-,29-,30+,32+,35?/m0/s1. The molecule has 2 aromatic rings. The summed E-state index contributed by atoms with van der Waals surface area (Å²) in [4.78, 5) is 27.8. The number of nitrogens with zero attached hydrogens (tertiary/aromatic N) is 2. The van der Waals surface area contributed by atoms with Crippen molar-refractivity contribution >= 4 is 11.8 Å². The number of likely N-dealkylation sites (tertiary alicyclic amines) is 2. The molecule has 2 unspecified atom stereocenters. The van der Waals surface area contributed by atoms with Crippen LogP contribution in [-0.4, -0.2) is 70.7 Å². The van der Waals surface area contributed by atoms with Crippen LogP contribution in [0.2, 0.25) is 0 Å². The molecule has 8 nitrogen and oxygen atoms in total. The van der Waals surface area contributed by atoms with Crippen LogP contribution in [0.25, 0.3) is 0 Å². The lowest BCUT2D eigenvalue weighted by molar-refractivity contribution is -0.253. The smallest absolute Gasteiger partial charge is 0.392 e. The summed E-state index contributed by atoms with van der Waals surface area (Å²) in [6.07, 6.45) is -1.02. The Kier molecular flexibility index (Phi) is 9.47. The number of aliphatic hydroxyl groups is 1. The summed E-state index contributed by atoms with van der Waals surface area (Å²) in [5.41, 5.74) is 4.08. The first kappa shape index (κ1) is 33.9. The van der Waals surface area contributed by atoms with Gasteiger partial charge in [-0.1, -0.05) is 69.3 Å². The topological polar surface area (TPSA) is 91.3 Å². The molecule has 0 spiro atoms. The quantitative estimate of drug-likeness (QED) is 0.374. The molecule has 1 saturated carbocycles. The Balaban J connectivity index is 1.13. The van der Waals surface area contributed by atoms with Gasteiger partial charge in [-0.05, 0) is 59.6 Å². The monoisotopic (exact) mass is 657 g/mol. The van der Waals surface area contributed by atoms with Crippen LogP contribution < -0.4 is 5.32 Å². The van der Waals surface area contributed by atoms with Gasteiger partial charge in [-0.2, -0.15) is 13.2 Å². The van der Waals surface area contributed by atoms with E-state index < -0.39 is 30.3 Å². The number of hydrogen-bond acceptors (Lipinski definition) is 6. The number of amides is 2. The number of nitrogens with one attached hydrogen (secondary N) is 1. The van der Waals surface area contributed by atoms with E-state index in [0.717, 1.165) is 35.3 Å². The Morgan fingerprint density at radius 1 is 0.979 bits per heavy atom. The number of fused-ring (bicyclic) bond motifs is 2. The molecule has 2 bridgehead atoms. The minimum atomic E-state index is -5.01. The number of halogens is 3. The molecule has 11 heteroatoms. The lowest BCUT2D eigenvalue weighted by Crippen LogP contribution is -2.50. The van der Waals surface area contributed by atoms with Crippen LogP contribution >= 0.6 is 0 Å². The van der Waals surface area contributed by atoms with E-state index >= 15 is 0 Å². The second-order valence-electron chi connectivity index (χ2n) is 15.1. The predicted molar refractivity (Wildman–Crippen MR) is 169 cm³/mol. The first-order valence-corrected chi connectivity index (χ1v) is 16.7. The SMILES string of the molecule is CC1(C)CC2CC(C)(CN2C[C@@H]2C[C@H](c3ccc(CO)cc3)O[C@H](c3ccc(CNC(=O)[C@@H]4CCCN4C(=O)C(F)(F)F)cc3)O2)C1. The second kappa shape index (κ2) is 13.1. The number of rotatable bonds is 8. The Morgan fingerprint density at radius 3 is 2.34 bits per heavy atom. The van der Waals surface area contributed by atoms with Crippen molar-refractivity contribution in [3.8, 4) is 0 Å². The van der Waals surface area contributed by atoms with Gasteiger partial charge in [-0.25, -0.2) is 0 Å². The van der Waals surface area contributed by atoms with Crippen LogP contribution in [0.1, 0.15) is 93.9 Å². The highest BCUT2D eigenvalue weighted by molar-refractivity contribution is 5.90. The van der Waals surface area contributed by atoms with Gasteiger partial charge >= 0.3 is 12.1 Å². The minimum absolute atomic E-state index is 0.0248. The van der Waals surface area contributed by atoms with Gasteiger partial charge in [0.2, 0.25) is 5.91 Å². The fourth-order valence-electron chi connectivity index (χ4n) is 8.63. The largest absolute Gasteiger partial charge is 0.471 e. The molecular formula is C36H46F3N3O5. The number of aliphatic hydroxyl groups excluding tert-OH is 1. The van der Waals surface area contributed by atoms with Gasteiger partial charge in [0.25, 0.3) is 0 Å². The van der Waals surface area contributed by atoms with Gasteiger partial charge in [0, 0.05) is 44.2 Å². The van der Waals surface area contributed by atoms with Crippen molar-refractivity contribution in [3.63, 3.8) is 0 Å². The first-order chi connectivity index (χ1) is 22.2. The van der Waals surface area contributed by atoms with Crippen LogP contribution in [0.5, 0.6) is 0 Å². The molecule has 47 heavy (non-hydrogen) atoms. The van der Waals surface area contributed by atoms with E-state index in [4.69, 9.17) is 9.47 Å². The predicted octanol–water partition coefficient (Wildman–Crippen LogP) is 5.79. The molecule has 2 amide bonds. The third-order valence-corrected chi connectivity index (χ3v) is 10.4. The summed E-state index contributed by atoms with van der Waals surface area (Å²) in [5, 5.41) is 12.2. The third kappa shape index (κ3) is 7.69. The van der Waals surface area contributed by atoms with Gasteiger partial charge in [-0.3, -0.25) is 14.5 Å². The average molecular weight is 658 g/mol. The van der Waals surface area contributed by atoms with E-state index in [9.17, 15) is 27.9 Å². The van der Waals surface area contributed by atoms with Crippen molar-refractivity contribution in [2.75, 3.05) is 19.6 Å². The highest BCUT2D eigenvalue weighted by atomic mass is 19.4. The van der Waals surface area contributed by atoms with Crippen molar-refractivity contribution in [2.24, 2.45) is 10.8 Å². The summed E-state index contributed by atoms with van der Waals surface area (Å²) in [6, 6.07) is 14.7. The first-order valence-electron chi connectivity index (χ1n) is 16.7.